The molecule has 0 radical (unpaired) electrons. The van der Waals surface area contributed by atoms with Gasteiger partial charge in [0.25, 0.3) is 5.91 Å². The van der Waals surface area contributed by atoms with Crippen LogP contribution in [0.5, 0.6) is 0 Å². The summed E-state index contributed by atoms with van der Waals surface area (Å²) in [6.07, 6.45) is 0.203. The largest absolute Gasteiger partial charge is 0.314 e. The summed E-state index contributed by atoms with van der Waals surface area (Å²) in [7, 11) is -3.11. The SMILES string of the molecule is O=C(Cc1ccccc1)N=C1SC2CS(=O)(=O)CC2N1c1ccccc1Cl. The smallest absolute Gasteiger partial charge is 0.252 e. The Labute approximate surface area is 167 Å². The summed E-state index contributed by atoms with van der Waals surface area (Å²) in [5.74, 6) is -0.125. The molecule has 27 heavy (non-hydrogen) atoms. The predicted molar refractivity (Wildman–Crippen MR) is 110 cm³/mol. The molecule has 0 N–H and O–H groups in total. The van der Waals surface area contributed by atoms with Crippen molar-refractivity contribution in [3.05, 3.63) is 65.2 Å². The maximum Gasteiger partial charge on any atom is 0.252 e. The molecule has 2 saturated heterocycles. The lowest BCUT2D eigenvalue weighted by Gasteiger charge is -2.25. The molecule has 0 aliphatic carbocycles. The molecule has 0 bridgehead atoms. The summed E-state index contributed by atoms with van der Waals surface area (Å²) in [5, 5.41) is 0.884. The maximum atomic E-state index is 12.5. The van der Waals surface area contributed by atoms with Gasteiger partial charge in [-0.3, -0.25) is 4.79 Å². The van der Waals surface area contributed by atoms with Gasteiger partial charge in [-0.1, -0.05) is 65.8 Å². The number of sulfone groups is 1. The molecule has 140 valence electrons. The van der Waals surface area contributed by atoms with Gasteiger partial charge in [-0.25, -0.2) is 8.42 Å². The maximum absolute atomic E-state index is 12.5. The lowest BCUT2D eigenvalue weighted by Crippen LogP contribution is -2.38. The lowest BCUT2D eigenvalue weighted by molar-refractivity contribution is -0.117. The van der Waals surface area contributed by atoms with Crippen LogP contribution in [0.15, 0.2) is 59.6 Å². The highest BCUT2D eigenvalue weighted by molar-refractivity contribution is 8.16. The normalized spacial score (nSPS) is 24.9. The van der Waals surface area contributed by atoms with E-state index < -0.39 is 9.84 Å². The number of hydrogen-bond donors (Lipinski definition) is 0. The summed E-state index contributed by atoms with van der Waals surface area (Å²) in [6.45, 7) is 0. The van der Waals surface area contributed by atoms with E-state index in [0.717, 1.165) is 5.56 Å². The van der Waals surface area contributed by atoms with Crippen LogP contribution in [0.2, 0.25) is 5.02 Å². The Balaban J connectivity index is 1.67. The van der Waals surface area contributed by atoms with Gasteiger partial charge in [-0.2, -0.15) is 4.99 Å². The summed E-state index contributed by atoms with van der Waals surface area (Å²) < 4.78 is 24.2. The summed E-state index contributed by atoms with van der Waals surface area (Å²) in [5.41, 5.74) is 1.57. The molecule has 1 amide bonds. The Bertz CT molecular complexity index is 1010. The third-order valence-electron chi connectivity index (χ3n) is 4.60. The highest BCUT2D eigenvalue weighted by Gasteiger charge is 2.49. The second kappa shape index (κ2) is 7.30. The summed E-state index contributed by atoms with van der Waals surface area (Å²) in [6, 6.07) is 16.4. The van der Waals surface area contributed by atoms with Crippen LogP contribution in [0, 0.1) is 0 Å². The highest BCUT2D eigenvalue weighted by atomic mass is 35.5. The molecule has 0 aromatic heterocycles. The van der Waals surface area contributed by atoms with Gasteiger partial charge in [0.15, 0.2) is 15.0 Å². The van der Waals surface area contributed by atoms with Crippen LogP contribution >= 0.6 is 23.4 Å². The number of carbonyl (C=O) groups excluding carboxylic acids is 1. The van der Waals surface area contributed by atoms with Crippen LogP contribution < -0.4 is 4.90 Å². The molecule has 4 rings (SSSR count). The van der Waals surface area contributed by atoms with Crippen molar-refractivity contribution in [1.29, 1.82) is 0 Å². The van der Waals surface area contributed by atoms with Crippen LogP contribution in [0.3, 0.4) is 0 Å². The number of amides is 1. The third kappa shape index (κ3) is 3.90. The fraction of sp³-hybridized carbons (Fsp3) is 0.263. The number of rotatable bonds is 3. The minimum Gasteiger partial charge on any atom is -0.314 e. The van der Waals surface area contributed by atoms with Crippen molar-refractivity contribution < 1.29 is 13.2 Å². The average Bonchev–Trinajstić information content (AvgIpc) is 3.07. The minimum absolute atomic E-state index is 0.0434. The molecule has 2 fully saturated rings. The van der Waals surface area contributed by atoms with Crippen molar-refractivity contribution in [1.82, 2.24) is 0 Å². The molecule has 8 heteroatoms. The summed E-state index contributed by atoms with van der Waals surface area (Å²) >= 11 is 7.71. The van der Waals surface area contributed by atoms with Crippen molar-refractivity contribution in [3.8, 4) is 0 Å². The molecular formula is C19H17ClN2O3S2. The number of fused-ring (bicyclic) bond motifs is 1. The Kier molecular flexibility index (Phi) is 5.01. The third-order valence-corrected chi connectivity index (χ3v) is 8.13. The van der Waals surface area contributed by atoms with Gasteiger partial charge in [0, 0.05) is 5.25 Å². The number of aliphatic imine (C=N–C) groups is 1. The molecule has 0 spiro atoms. The molecule has 2 heterocycles. The van der Waals surface area contributed by atoms with E-state index >= 15 is 0 Å². The number of nitrogens with zero attached hydrogens (tertiary/aromatic N) is 2. The van der Waals surface area contributed by atoms with Crippen LogP contribution in [0.4, 0.5) is 5.69 Å². The zero-order valence-corrected chi connectivity index (χ0v) is 16.7. The Morgan fingerprint density at radius 2 is 1.81 bits per heavy atom. The van der Waals surface area contributed by atoms with Gasteiger partial charge in [0.1, 0.15) is 0 Å². The monoisotopic (exact) mass is 420 g/mol. The number of halogens is 1. The Morgan fingerprint density at radius 3 is 2.56 bits per heavy atom. The van der Waals surface area contributed by atoms with E-state index in [0.29, 0.717) is 15.9 Å². The van der Waals surface area contributed by atoms with Gasteiger partial charge in [0.2, 0.25) is 0 Å². The van der Waals surface area contributed by atoms with Crippen molar-refractivity contribution in [3.63, 3.8) is 0 Å². The molecule has 2 atom stereocenters. The standard InChI is InChI=1S/C19H17ClN2O3S2/c20-14-8-4-5-9-15(14)22-16-11-27(24,25)12-17(16)26-19(22)21-18(23)10-13-6-2-1-3-7-13/h1-9,16-17H,10-12H2. The van der Waals surface area contributed by atoms with E-state index in [1.54, 1.807) is 6.07 Å². The lowest BCUT2D eigenvalue weighted by atomic mass is 10.1. The topological polar surface area (TPSA) is 66.8 Å². The molecule has 5 nitrogen and oxygen atoms in total. The number of hydrogen-bond acceptors (Lipinski definition) is 4. The van der Waals surface area contributed by atoms with E-state index in [-0.39, 0.29) is 35.1 Å². The number of carbonyl (C=O) groups is 1. The van der Waals surface area contributed by atoms with E-state index in [4.69, 9.17) is 11.6 Å². The average molecular weight is 421 g/mol. The first-order valence-corrected chi connectivity index (χ1v) is 11.6. The number of benzene rings is 2. The van der Waals surface area contributed by atoms with Gasteiger partial charge >= 0.3 is 0 Å². The van der Waals surface area contributed by atoms with Crippen molar-refractivity contribution in [2.24, 2.45) is 4.99 Å². The molecule has 2 aromatic carbocycles. The molecule has 2 aromatic rings. The van der Waals surface area contributed by atoms with Crippen LogP contribution in [0.1, 0.15) is 5.56 Å². The summed E-state index contributed by atoms with van der Waals surface area (Å²) in [4.78, 5) is 18.6. The second-order valence-corrected chi connectivity index (χ2v) is 10.3. The Morgan fingerprint density at radius 1 is 1.11 bits per heavy atom. The molecule has 2 unspecified atom stereocenters. The molecule has 2 aliphatic heterocycles. The number of anilines is 1. The zero-order chi connectivity index (χ0) is 19.0. The molecule has 2 aliphatic rings. The van der Waals surface area contributed by atoms with Gasteiger partial charge in [0.05, 0.1) is 34.7 Å². The van der Waals surface area contributed by atoms with Crippen molar-refractivity contribution in [2.75, 3.05) is 16.4 Å². The fourth-order valence-corrected chi connectivity index (χ4v) is 7.56. The second-order valence-electron chi connectivity index (χ2n) is 6.57. The molecular weight excluding hydrogens is 404 g/mol. The van der Waals surface area contributed by atoms with Crippen LogP contribution in [-0.2, 0) is 21.1 Å². The predicted octanol–water partition coefficient (Wildman–Crippen LogP) is 3.18. The first-order chi connectivity index (χ1) is 12.9. The number of amidine groups is 1. The van der Waals surface area contributed by atoms with Crippen molar-refractivity contribution >= 4 is 50.0 Å². The van der Waals surface area contributed by atoms with E-state index in [1.165, 1.54) is 11.8 Å². The Hall–Kier alpha value is -1.83. The fourth-order valence-electron chi connectivity index (χ4n) is 3.41. The number of para-hydroxylation sites is 1. The van der Waals surface area contributed by atoms with Crippen LogP contribution in [-0.4, -0.2) is 42.3 Å². The number of thioether (sulfide) groups is 1. The minimum atomic E-state index is -3.11. The van der Waals surface area contributed by atoms with E-state index in [9.17, 15) is 13.2 Å². The van der Waals surface area contributed by atoms with Crippen molar-refractivity contribution in [2.45, 2.75) is 17.7 Å². The van der Waals surface area contributed by atoms with E-state index in [2.05, 4.69) is 4.99 Å². The first-order valence-electron chi connectivity index (χ1n) is 8.49. The zero-order valence-electron chi connectivity index (χ0n) is 14.3. The van der Waals surface area contributed by atoms with E-state index in [1.807, 2.05) is 53.4 Å². The van der Waals surface area contributed by atoms with Gasteiger partial charge < -0.3 is 4.90 Å². The first kappa shape index (κ1) is 18.5. The highest BCUT2D eigenvalue weighted by Crippen LogP contribution is 2.42. The molecule has 0 saturated carbocycles. The van der Waals surface area contributed by atoms with Gasteiger partial charge in [-0.05, 0) is 17.7 Å². The quantitative estimate of drug-likeness (QED) is 0.762. The van der Waals surface area contributed by atoms with Crippen LogP contribution in [0.25, 0.3) is 0 Å². The van der Waals surface area contributed by atoms with Gasteiger partial charge in [-0.15, -0.1) is 0 Å².